The third-order valence-corrected chi connectivity index (χ3v) is 4.08. The Labute approximate surface area is 125 Å². The van der Waals surface area contributed by atoms with Crippen LogP contribution in [0.2, 0.25) is 0 Å². The molecule has 1 N–H and O–H groups in total. The van der Waals surface area contributed by atoms with E-state index in [-0.39, 0.29) is 22.0 Å². The molecule has 2 amide bonds. The van der Waals surface area contributed by atoms with Gasteiger partial charge < -0.3 is 10.2 Å². The molecule has 0 spiro atoms. The van der Waals surface area contributed by atoms with Crippen molar-refractivity contribution in [1.82, 2.24) is 10.2 Å². The van der Waals surface area contributed by atoms with E-state index in [2.05, 4.69) is 21.2 Å². The Morgan fingerprint density at radius 1 is 1.35 bits per heavy atom. The van der Waals surface area contributed by atoms with Gasteiger partial charge in [-0.15, -0.1) is 0 Å². The Balaban J connectivity index is 1.96. The van der Waals surface area contributed by atoms with Gasteiger partial charge in [0.25, 0.3) is 5.91 Å². The van der Waals surface area contributed by atoms with Gasteiger partial charge in [-0.05, 0) is 40.9 Å². The molecule has 0 radical (unpaired) electrons. The summed E-state index contributed by atoms with van der Waals surface area (Å²) in [5.74, 6) is -0.913. The van der Waals surface area contributed by atoms with E-state index in [0.717, 1.165) is 0 Å². The number of benzene rings is 1. The van der Waals surface area contributed by atoms with Crippen LogP contribution < -0.4 is 5.32 Å². The molecule has 1 saturated heterocycles. The third kappa shape index (κ3) is 3.36. The van der Waals surface area contributed by atoms with Crippen LogP contribution in [-0.2, 0) is 4.79 Å². The van der Waals surface area contributed by atoms with Gasteiger partial charge in [-0.1, -0.05) is 6.07 Å². The first-order chi connectivity index (χ1) is 9.49. The van der Waals surface area contributed by atoms with Crippen LogP contribution in [0.4, 0.5) is 4.39 Å². The van der Waals surface area contributed by atoms with Crippen molar-refractivity contribution in [2.75, 3.05) is 13.1 Å². The van der Waals surface area contributed by atoms with Crippen LogP contribution in [0.25, 0.3) is 0 Å². The minimum atomic E-state index is -0.550. The van der Waals surface area contributed by atoms with E-state index in [1.54, 1.807) is 17.0 Å². The van der Waals surface area contributed by atoms with Crippen molar-refractivity contribution in [1.29, 1.82) is 0 Å². The molecule has 0 saturated carbocycles. The molecule has 1 aliphatic heterocycles. The number of nitrogens with one attached hydrogen (secondary N) is 1. The highest BCUT2D eigenvalue weighted by Crippen LogP contribution is 2.19. The topological polar surface area (TPSA) is 49.4 Å². The zero-order valence-electron chi connectivity index (χ0n) is 11.2. The number of rotatable bonds is 2. The highest BCUT2D eigenvalue weighted by Gasteiger charge is 2.23. The maximum absolute atomic E-state index is 13.8. The van der Waals surface area contributed by atoms with Gasteiger partial charge in [0.2, 0.25) is 5.91 Å². The van der Waals surface area contributed by atoms with Crippen LogP contribution in [-0.4, -0.2) is 35.8 Å². The molecule has 1 aliphatic rings. The van der Waals surface area contributed by atoms with Crippen LogP contribution in [0.1, 0.15) is 30.1 Å². The smallest absolute Gasteiger partial charge is 0.254 e. The summed E-state index contributed by atoms with van der Waals surface area (Å²) < 4.78 is 14.1. The molecule has 20 heavy (non-hydrogen) atoms. The summed E-state index contributed by atoms with van der Waals surface area (Å²) in [6.07, 6.45) is 1.39. The molecule has 1 aromatic carbocycles. The van der Waals surface area contributed by atoms with Crippen molar-refractivity contribution < 1.29 is 14.0 Å². The zero-order chi connectivity index (χ0) is 14.7. The fourth-order valence-corrected chi connectivity index (χ4v) is 2.65. The number of hydrogen-bond acceptors (Lipinski definition) is 2. The largest absolute Gasteiger partial charge is 0.349 e. The van der Waals surface area contributed by atoms with E-state index < -0.39 is 11.7 Å². The van der Waals surface area contributed by atoms with Crippen molar-refractivity contribution >= 4 is 27.7 Å². The van der Waals surface area contributed by atoms with Crippen molar-refractivity contribution in [3.63, 3.8) is 0 Å². The van der Waals surface area contributed by atoms with Gasteiger partial charge in [-0.2, -0.15) is 0 Å². The normalized spacial score (nSPS) is 16.1. The third-order valence-electron chi connectivity index (χ3n) is 3.47. The lowest BCUT2D eigenvalue weighted by Gasteiger charge is -2.31. The molecule has 0 aliphatic carbocycles. The molecule has 1 heterocycles. The number of carbonyl (C=O) groups excluding carboxylic acids is 2. The molecule has 6 heteroatoms. The van der Waals surface area contributed by atoms with E-state index in [1.165, 1.54) is 13.0 Å². The number of amides is 2. The minimum absolute atomic E-state index is 0.0171. The Kier molecular flexibility index (Phi) is 4.75. The van der Waals surface area contributed by atoms with Gasteiger partial charge >= 0.3 is 0 Å². The molecule has 0 unspecified atom stereocenters. The van der Waals surface area contributed by atoms with Crippen molar-refractivity contribution in [2.45, 2.75) is 25.8 Å². The maximum atomic E-state index is 13.8. The van der Waals surface area contributed by atoms with E-state index in [9.17, 15) is 14.0 Å². The number of halogens is 2. The molecule has 1 aromatic rings. The highest BCUT2D eigenvalue weighted by molar-refractivity contribution is 9.10. The Bertz CT molecular complexity index is 528. The second-order valence-electron chi connectivity index (χ2n) is 4.86. The van der Waals surface area contributed by atoms with Gasteiger partial charge in [0, 0.05) is 26.1 Å². The van der Waals surface area contributed by atoms with Crippen LogP contribution in [0, 0.1) is 5.82 Å². The minimum Gasteiger partial charge on any atom is -0.349 e. The van der Waals surface area contributed by atoms with Gasteiger partial charge in [0.1, 0.15) is 5.82 Å². The average Bonchev–Trinajstić information content (AvgIpc) is 2.42. The summed E-state index contributed by atoms with van der Waals surface area (Å²) in [4.78, 5) is 25.0. The highest BCUT2D eigenvalue weighted by atomic mass is 79.9. The van der Waals surface area contributed by atoms with Gasteiger partial charge in [0.15, 0.2) is 0 Å². The summed E-state index contributed by atoms with van der Waals surface area (Å²) >= 11 is 3.06. The summed E-state index contributed by atoms with van der Waals surface area (Å²) in [5.41, 5.74) is 0.0355. The second kappa shape index (κ2) is 6.35. The Morgan fingerprint density at radius 3 is 2.60 bits per heavy atom. The quantitative estimate of drug-likeness (QED) is 0.896. The molecule has 0 aromatic heterocycles. The summed E-state index contributed by atoms with van der Waals surface area (Å²) in [6, 6.07) is 4.62. The Hall–Kier alpha value is -1.43. The summed E-state index contributed by atoms with van der Waals surface area (Å²) in [5, 5.41) is 2.82. The van der Waals surface area contributed by atoms with Crippen molar-refractivity contribution in [2.24, 2.45) is 0 Å². The second-order valence-corrected chi connectivity index (χ2v) is 5.71. The fourth-order valence-electron chi connectivity index (χ4n) is 2.28. The Morgan fingerprint density at radius 2 is 2.00 bits per heavy atom. The number of piperidine rings is 1. The number of carbonyl (C=O) groups is 2. The number of likely N-dealkylation sites (tertiary alicyclic amines) is 1. The van der Waals surface area contributed by atoms with Crippen molar-refractivity contribution in [3.05, 3.63) is 34.1 Å². The molecule has 0 bridgehead atoms. The van der Waals surface area contributed by atoms with Gasteiger partial charge in [-0.3, -0.25) is 9.59 Å². The van der Waals surface area contributed by atoms with Crippen LogP contribution in [0.5, 0.6) is 0 Å². The predicted molar refractivity (Wildman–Crippen MR) is 76.8 cm³/mol. The summed E-state index contributed by atoms with van der Waals surface area (Å²) in [6.45, 7) is 2.79. The fraction of sp³-hybridized carbons (Fsp3) is 0.429. The SMILES string of the molecule is CC(=O)N1CCC(NC(=O)c2cccc(Br)c2F)CC1. The van der Waals surface area contributed by atoms with E-state index >= 15 is 0 Å². The standard InChI is InChI=1S/C14H16BrFN2O2/c1-9(19)18-7-5-10(6-8-18)17-14(20)11-3-2-4-12(15)13(11)16/h2-4,10H,5-8H2,1H3,(H,17,20). The molecule has 0 atom stereocenters. The van der Waals surface area contributed by atoms with E-state index in [0.29, 0.717) is 25.9 Å². The maximum Gasteiger partial charge on any atom is 0.254 e. The van der Waals surface area contributed by atoms with Gasteiger partial charge in [-0.25, -0.2) is 4.39 Å². The lowest BCUT2D eigenvalue weighted by molar-refractivity contribution is -0.129. The van der Waals surface area contributed by atoms with E-state index in [4.69, 9.17) is 0 Å². The van der Waals surface area contributed by atoms with Gasteiger partial charge in [0.05, 0.1) is 10.0 Å². The molecule has 108 valence electrons. The molecule has 4 nitrogen and oxygen atoms in total. The molecular weight excluding hydrogens is 327 g/mol. The number of nitrogens with zero attached hydrogens (tertiary/aromatic N) is 1. The van der Waals surface area contributed by atoms with E-state index in [1.807, 2.05) is 0 Å². The van der Waals surface area contributed by atoms with Crippen LogP contribution in [0.15, 0.2) is 22.7 Å². The molecule has 2 rings (SSSR count). The first kappa shape index (κ1) is 15.0. The predicted octanol–water partition coefficient (Wildman–Crippen LogP) is 2.33. The number of hydrogen-bond donors (Lipinski definition) is 1. The monoisotopic (exact) mass is 342 g/mol. The van der Waals surface area contributed by atoms with Crippen LogP contribution >= 0.6 is 15.9 Å². The van der Waals surface area contributed by atoms with Crippen molar-refractivity contribution in [3.8, 4) is 0 Å². The lowest BCUT2D eigenvalue weighted by atomic mass is 10.0. The lowest BCUT2D eigenvalue weighted by Crippen LogP contribution is -2.46. The van der Waals surface area contributed by atoms with Crippen LogP contribution in [0.3, 0.4) is 0 Å². The first-order valence-electron chi connectivity index (χ1n) is 6.49. The average molecular weight is 343 g/mol. The molecule has 1 fully saturated rings. The molecular formula is C14H16BrFN2O2. The summed E-state index contributed by atoms with van der Waals surface area (Å²) in [7, 11) is 0. The first-order valence-corrected chi connectivity index (χ1v) is 7.28. The zero-order valence-corrected chi connectivity index (χ0v) is 12.7.